The molecule has 2 amide bonds. The Morgan fingerprint density at radius 1 is 1.44 bits per heavy atom. The van der Waals surface area contributed by atoms with E-state index in [1.54, 1.807) is 13.8 Å². The van der Waals surface area contributed by atoms with E-state index in [-0.39, 0.29) is 24.2 Å². The summed E-state index contributed by atoms with van der Waals surface area (Å²) in [6.07, 6.45) is 1.09. The van der Waals surface area contributed by atoms with Gasteiger partial charge in [-0.05, 0) is 26.2 Å². The molecule has 5 heteroatoms. The van der Waals surface area contributed by atoms with Gasteiger partial charge in [0.2, 0.25) is 11.8 Å². The highest BCUT2D eigenvalue weighted by molar-refractivity contribution is 5.99. The molecule has 1 saturated heterocycles. The standard InChI is InChI=1S/C13H23FN2O2/c1-5-9(2)10-11(17)16(8-6-7-14)13(3,4)12(18)15-10/h9-10H,5-8H2,1-4H3,(H,15,18). The van der Waals surface area contributed by atoms with Gasteiger partial charge in [0.15, 0.2) is 0 Å². The lowest BCUT2D eigenvalue weighted by Crippen LogP contribution is -2.69. The van der Waals surface area contributed by atoms with Gasteiger partial charge in [-0.15, -0.1) is 0 Å². The molecule has 0 spiro atoms. The minimum Gasteiger partial charge on any atom is -0.342 e. The van der Waals surface area contributed by atoms with E-state index in [9.17, 15) is 14.0 Å². The van der Waals surface area contributed by atoms with Crippen LogP contribution in [0.1, 0.15) is 40.5 Å². The highest BCUT2D eigenvalue weighted by Crippen LogP contribution is 2.25. The zero-order chi connectivity index (χ0) is 13.9. The number of nitrogens with one attached hydrogen (secondary N) is 1. The molecule has 18 heavy (non-hydrogen) atoms. The van der Waals surface area contributed by atoms with Crippen LogP contribution in [0.4, 0.5) is 4.39 Å². The Balaban J connectivity index is 2.94. The van der Waals surface area contributed by atoms with Gasteiger partial charge >= 0.3 is 0 Å². The lowest BCUT2D eigenvalue weighted by molar-refractivity contribution is -0.156. The molecule has 0 saturated carbocycles. The summed E-state index contributed by atoms with van der Waals surface area (Å²) in [5, 5.41) is 2.79. The maximum Gasteiger partial charge on any atom is 0.246 e. The van der Waals surface area contributed by atoms with Crippen molar-refractivity contribution >= 4 is 11.8 Å². The van der Waals surface area contributed by atoms with E-state index in [4.69, 9.17) is 0 Å². The summed E-state index contributed by atoms with van der Waals surface area (Å²) in [6, 6.07) is -0.477. The van der Waals surface area contributed by atoms with E-state index >= 15 is 0 Å². The largest absolute Gasteiger partial charge is 0.342 e. The number of amides is 2. The van der Waals surface area contributed by atoms with Gasteiger partial charge in [-0.2, -0.15) is 0 Å². The van der Waals surface area contributed by atoms with Gasteiger partial charge in [0.1, 0.15) is 11.6 Å². The summed E-state index contributed by atoms with van der Waals surface area (Å²) in [5.74, 6) is -0.168. The van der Waals surface area contributed by atoms with Gasteiger partial charge in [-0.25, -0.2) is 0 Å². The van der Waals surface area contributed by atoms with E-state index in [1.807, 2.05) is 13.8 Å². The van der Waals surface area contributed by atoms with E-state index in [1.165, 1.54) is 4.90 Å². The third-order valence-corrected chi connectivity index (χ3v) is 3.78. The molecule has 4 nitrogen and oxygen atoms in total. The normalized spacial score (nSPS) is 24.9. The Hall–Kier alpha value is -1.13. The first kappa shape index (κ1) is 14.9. The number of hydrogen-bond donors (Lipinski definition) is 1. The minimum absolute atomic E-state index is 0.0884. The summed E-state index contributed by atoms with van der Waals surface area (Å²) >= 11 is 0. The summed E-state index contributed by atoms with van der Waals surface area (Å²) < 4.78 is 12.3. The lowest BCUT2D eigenvalue weighted by Gasteiger charge is -2.45. The quantitative estimate of drug-likeness (QED) is 0.812. The van der Waals surface area contributed by atoms with E-state index < -0.39 is 18.3 Å². The van der Waals surface area contributed by atoms with Crippen molar-refractivity contribution < 1.29 is 14.0 Å². The van der Waals surface area contributed by atoms with Crippen LogP contribution >= 0.6 is 0 Å². The molecule has 0 aromatic heterocycles. The molecule has 1 aliphatic heterocycles. The molecular weight excluding hydrogens is 235 g/mol. The molecule has 0 radical (unpaired) electrons. The SMILES string of the molecule is CCC(C)C1NC(=O)C(C)(C)N(CCCF)C1=O. The van der Waals surface area contributed by atoms with E-state index in [0.29, 0.717) is 6.54 Å². The van der Waals surface area contributed by atoms with Gasteiger partial charge < -0.3 is 10.2 Å². The predicted octanol–water partition coefficient (Wildman–Crippen LogP) is 1.50. The average molecular weight is 258 g/mol. The van der Waals surface area contributed by atoms with Crippen LogP contribution < -0.4 is 5.32 Å². The maximum absolute atomic E-state index is 12.4. The highest BCUT2D eigenvalue weighted by atomic mass is 19.1. The van der Waals surface area contributed by atoms with Crippen LogP contribution in [0.3, 0.4) is 0 Å². The van der Waals surface area contributed by atoms with Gasteiger partial charge in [0.25, 0.3) is 0 Å². The van der Waals surface area contributed by atoms with Gasteiger partial charge in [0.05, 0.1) is 6.67 Å². The molecule has 0 bridgehead atoms. The first-order valence-corrected chi connectivity index (χ1v) is 6.54. The maximum atomic E-state index is 12.4. The second kappa shape index (κ2) is 5.67. The number of nitrogens with zero attached hydrogens (tertiary/aromatic N) is 1. The Bertz CT molecular complexity index is 331. The number of hydrogen-bond acceptors (Lipinski definition) is 2. The van der Waals surface area contributed by atoms with Crippen LogP contribution in [0, 0.1) is 5.92 Å². The predicted molar refractivity (Wildman–Crippen MR) is 67.8 cm³/mol. The van der Waals surface area contributed by atoms with Gasteiger partial charge in [-0.1, -0.05) is 20.3 Å². The van der Waals surface area contributed by atoms with E-state index in [2.05, 4.69) is 5.32 Å². The number of carbonyl (C=O) groups is 2. The van der Waals surface area contributed by atoms with Crippen molar-refractivity contribution in [2.45, 2.75) is 52.1 Å². The molecule has 2 atom stereocenters. The molecule has 2 unspecified atom stereocenters. The van der Waals surface area contributed by atoms with Crippen molar-refractivity contribution in [1.82, 2.24) is 10.2 Å². The second-order valence-corrected chi connectivity index (χ2v) is 5.43. The summed E-state index contributed by atoms with van der Waals surface area (Å²) in [6.45, 7) is 7.14. The van der Waals surface area contributed by atoms with Crippen molar-refractivity contribution in [1.29, 1.82) is 0 Å². The molecular formula is C13H23FN2O2. The average Bonchev–Trinajstić information content (AvgIpc) is 2.33. The number of rotatable bonds is 5. The fourth-order valence-corrected chi connectivity index (χ4v) is 2.17. The molecule has 1 rings (SSSR count). The fraction of sp³-hybridized carbons (Fsp3) is 0.846. The molecule has 0 aliphatic carbocycles. The Labute approximate surface area is 108 Å². The number of piperazine rings is 1. The Kier molecular flexibility index (Phi) is 4.71. The van der Waals surface area contributed by atoms with Crippen molar-refractivity contribution in [3.8, 4) is 0 Å². The Morgan fingerprint density at radius 3 is 2.56 bits per heavy atom. The van der Waals surface area contributed by atoms with Crippen LogP contribution in [0.15, 0.2) is 0 Å². The van der Waals surface area contributed by atoms with Gasteiger partial charge in [-0.3, -0.25) is 14.0 Å². The van der Waals surface area contributed by atoms with Crippen LogP contribution in [0.5, 0.6) is 0 Å². The molecule has 104 valence electrons. The van der Waals surface area contributed by atoms with Crippen molar-refractivity contribution in [2.24, 2.45) is 5.92 Å². The van der Waals surface area contributed by atoms with Crippen LogP contribution in [-0.4, -0.2) is 41.5 Å². The molecule has 1 N–H and O–H groups in total. The highest BCUT2D eigenvalue weighted by Gasteiger charge is 2.46. The second-order valence-electron chi connectivity index (χ2n) is 5.43. The zero-order valence-corrected chi connectivity index (χ0v) is 11.6. The monoisotopic (exact) mass is 258 g/mol. The number of alkyl halides is 1. The van der Waals surface area contributed by atoms with Crippen LogP contribution in [0.2, 0.25) is 0 Å². The third kappa shape index (κ3) is 2.65. The molecule has 0 aromatic rings. The topological polar surface area (TPSA) is 49.4 Å². The van der Waals surface area contributed by atoms with Crippen LogP contribution in [0.25, 0.3) is 0 Å². The number of carbonyl (C=O) groups excluding carboxylic acids is 2. The molecule has 1 aliphatic rings. The van der Waals surface area contributed by atoms with E-state index in [0.717, 1.165) is 6.42 Å². The summed E-state index contributed by atoms with van der Waals surface area (Å²) in [4.78, 5) is 26.0. The third-order valence-electron chi connectivity index (χ3n) is 3.78. The summed E-state index contributed by atoms with van der Waals surface area (Å²) in [7, 11) is 0. The smallest absolute Gasteiger partial charge is 0.246 e. The first-order chi connectivity index (χ1) is 8.36. The van der Waals surface area contributed by atoms with Crippen molar-refractivity contribution in [3.05, 3.63) is 0 Å². The molecule has 0 aromatic carbocycles. The zero-order valence-electron chi connectivity index (χ0n) is 11.6. The van der Waals surface area contributed by atoms with Crippen molar-refractivity contribution in [3.63, 3.8) is 0 Å². The molecule has 1 fully saturated rings. The first-order valence-electron chi connectivity index (χ1n) is 6.54. The van der Waals surface area contributed by atoms with Crippen molar-refractivity contribution in [2.75, 3.05) is 13.2 Å². The lowest BCUT2D eigenvalue weighted by atomic mass is 9.89. The number of halogens is 1. The summed E-state index contributed by atoms with van der Waals surface area (Å²) in [5.41, 5.74) is -0.893. The minimum atomic E-state index is -0.893. The fourth-order valence-electron chi connectivity index (χ4n) is 2.17. The molecule has 1 heterocycles. The van der Waals surface area contributed by atoms with Crippen LogP contribution in [-0.2, 0) is 9.59 Å². The Morgan fingerprint density at radius 2 is 2.06 bits per heavy atom. The van der Waals surface area contributed by atoms with Gasteiger partial charge in [0, 0.05) is 6.54 Å².